The average Bonchev–Trinajstić information content (AvgIpc) is 2.54. The summed E-state index contributed by atoms with van der Waals surface area (Å²) in [4.78, 5) is 0. The fraction of sp³-hybridized carbons (Fsp3) is 0.538. The number of hydrogen-bond acceptors (Lipinski definition) is 3. The van der Waals surface area contributed by atoms with Crippen LogP contribution >= 0.6 is 0 Å². The first kappa shape index (κ1) is 15.2. The van der Waals surface area contributed by atoms with E-state index in [0.717, 1.165) is 17.5 Å². The van der Waals surface area contributed by atoms with Crippen molar-refractivity contribution in [3.8, 4) is 5.75 Å². The fourth-order valence-corrected chi connectivity index (χ4v) is 2.91. The Morgan fingerprint density at radius 1 is 1.25 bits per heavy atom. The van der Waals surface area contributed by atoms with Gasteiger partial charge in [-0.15, -0.1) is 0 Å². The van der Waals surface area contributed by atoms with Gasteiger partial charge >= 0.3 is 15.6 Å². The zero-order valence-electron chi connectivity index (χ0n) is 11.3. The van der Waals surface area contributed by atoms with Crippen molar-refractivity contribution < 1.29 is 25.8 Å². The molecule has 0 unspecified atom stereocenters. The van der Waals surface area contributed by atoms with E-state index in [0.29, 0.717) is 12.0 Å². The topological polar surface area (TPSA) is 43.4 Å². The van der Waals surface area contributed by atoms with Gasteiger partial charge in [-0.05, 0) is 47.9 Å². The molecule has 7 heteroatoms. The van der Waals surface area contributed by atoms with Gasteiger partial charge in [0.1, 0.15) is 5.75 Å². The van der Waals surface area contributed by atoms with Gasteiger partial charge in [0.2, 0.25) is 0 Å². The molecule has 112 valence electrons. The monoisotopic (exact) mass is 308 g/mol. The molecule has 0 atom stereocenters. The first-order valence-corrected chi connectivity index (χ1v) is 7.50. The van der Waals surface area contributed by atoms with Crippen molar-refractivity contribution in [2.45, 2.75) is 44.5 Å². The van der Waals surface area contributed by atoms with Gasteiger partial charge in [-0.25, -0.2) is 0 Å². The van der Waals surface area contributed by atoms with Crippen LogP contribution in [0.25, 0.3) is 0 Å². The summed E-state index contributed by atoms with van der Waals surface area (Å²) < 4.78 is 63.4. The Bertz CT molecular complexity index is 646. The second-order valence-corrected chi connectivity index (χ2v) is 7.18. The summed E-state index contributed by atoms with van der Waals surface area (Å²) in [6, 6.07) is 3.12. The summed E-state index contributed by atoms with van der Waals surface area (Å²) in [6.07, 6.45) is 1.57. The third-order valence-corrected chi connectivity index (χ3v) is 4.60. The number of hydrogen-bond donors (Lipinski definition) is 0. The van der Waals surface area contributed by atoms with Crippen molar-refractivity contribution >= 4 is 10.1 Å². The highest BCUT2D eigenvalue weighted by Gasteiger charge is 2.48. The van der Waals surface area contributed by atoms with Gasteiger partial charge in [0.15, 0.2) is 0 Å². The summed E-state index contributed by atoms with van der Waals surface area (Å²) >= 11 is 0. The minimum absolute atomic E-state index is 0.0540. The molecular formula is C13H15F3O3S. The Morgan fingerprint density at radius 2 is 1.85 bits per heavy atom. The van der Waals surface area contributed by atoms with Crippen molar-refractivity contribution in [2.75, 3.05) is 0 Å². The van der Waals surface area contributed by atoms with Crippen LogP contribution in [0.5, 0.6) is 5.75 Å². The van der Waals surface area contributed by atoms with E-state index >= 15 is 0 Å². The first-order chi connectivity index (χ1) is 8.94. The molecule has 1 aromatic carbocycles. The lowest BCUT2D eigenvalue weighted by Gasteiger charge is -2.20. The van der Waals surface area contributed by atoms with Crippen LogP contribution in [0.4, 0.5) is 13.2 Å². The molecule has 0 saturated heterocycles. The number of alkyl halides is 3. The summed E-state index contributed by atoms with van der Waals surface area (Å²) in [5.74, 6) is -0.251. The standard InChI is InChI=1S/C13H15F3O3S/c1-8-6-10-9(4-5-12(10,2)3)7-11(8)19-20(17,18)13(14,15)16/h6-7H,4-5H2,1-3H3. The van der Waals surface area contributed by atoms with Gasteiger partial charge in [-0.2, -0.15) is 21.6 Å². The molecule has 0 saturated carbocycles. The lowest BCUT2D eigenvalue weighted by molar-refractivity contribution is -0.0500. The average molecular weight is 308 g/mol. The molecule has 1 aliphatic rings. The Kier molecular flexibility index (Phi) is 3.32. The van der Waals surface area contributed by atoms with Crippen LogP contribution in [-0.4, -0.2) is 13.9 Å². The molecule has 0 bridgehead atoms. The number of halogens is 3. The molecule has 0 fully saturated rings. The summed E-state index contributed by atoms with van der Waals surface area (Å²) in [5, 5.41) is 0. The van der Waals surface area contributed by atoms with Gasteiger partial charge < -0.3 is 4.18 Å². The van der Waals surface area contributed by atoms with E-state index < -0.39 is 15.6 Å². The van der Waals surface area contributed by atoms with Crippen LogP contribution in [0.15, 0.2) is 12.1 Å². The van der Waals surface area contributed by atoms with Crippen molar-refractivity contribution in [3.63, 3.8) is 0 Å². The summed E-state index contributed by atoms with van der Waals surface area (Å²) in [7, 11) is -5.62. The maximum atomic E-state index is 12.3. The number of rotatable bonds is 2. The lowest BCUT2D eigenvalue weighted by Crippen LogP contribution is -2.28. The van der Waals surface area contributed by atoms with Crippen LogP contribution < -0.4 is 4.18 Å². The Labute approximate surface area is 115 Å². The van der Waals surface area contributed by atoms with Crippen LogP contribution in [0.3, 0.4) is 0 Å². The van der Waals surface area contributed by atoms with E-state index in [9.17, 15) is 21.6 Å². The van der Waals surface area contributed by atoms with E-state index in [4.69, 9.17) is 0 Å². The predicted octanol–water partition coefficient (Wildman–Crippen LogP) is 3.45. The second-order valence-electron chi connectivity index (χ2n) is 5.64. The molecule has 0 aliphatic heterocycles. The van der Waals surface area contributed by atoms with E-state index in [1.54, 1.807) is 6.07 Å². The van der Waals surface area contributed by atoms with E-state index in [1.165, 1.54) is 13.0 Å². The lowest BCUT2D eigenvalue weighted by atomic mass is 9.86. The SMILES string of the molecule is Cc1cc2c(cc1OS(=O)(=O)C(F)(F)F)CCC2(C)C. The molecule has 0 spiro atoms. The summed E-state index contributed by atoms with van der Waals surface area (Å²) in [6.45, 7) is 5.63. The first-order valence-electron chi connectivity index (χ1n) is 6.09. The molecular weight excluding hydrogens is 293 g/mol. The number of benzene rings is 1. The molecule has 0 radical (unpaired) electrons. The maximum absolute atomic E-state index is 12.3. The van der Waals surface area contributed by atoms with Crippen molar-refractivity contribution in [3.05, 3.63) is 28.8 Å². The van der Waals surface area contributed by atoms with Crippen LogP contribution in [0.1, 0.15) is 37.0 Å². The minimum Gasteiger partial charge on any atom is -0.376 e. The zero-order chi connectivity index (χ0) is 15.3. The second kappa shape index (κ2) is 4.38. The number of fused-ring (bicyclic) bond motifs is 1. The molecule has 0 heterocycles. The normalized spacial score (nSPS) is 17.9. The smallest absolute Gasteiger partial charge is 0.376 e. The molecule has 0 aromatic heterocycles. The van der Waals surface area contributed by atoms with Crippen molar-refractivity contribution in [1.82, 2.24) is 0 Å². The Hall–Kier alpha value is -1.24. The zero-order valence-corrected chi connectivity index (χ0v) is 12.2. The summed E-state index contributed by atoms with van der Waals surface area (Å²) in [5.41, 5.74) is -3.22. The molecule has 1 aromatic rings. The minimum atomic E-state index is -5.62. The van der Waals surface area contributed by atoms with Gasteiger partial charge in [-0.3, -0.25) is 0 Å². The van der Waals surface area contributed by atoms with E-state index in [2.05, 4.69) is 4.18 Å². The molecule has 2 rings (SSSR count). The fourth-order valence-electron chi connectivity index (χ4n) is 2.40. The van der Waals surface area contributed by atoms with E-state index in [1.807, 2.05) is 13.8 Å². The highest BCUT2D eigenvalue weighted by Crippen LogP contribution is 2.41. The number of aryl methyl sites for hydroxylation is 2. The van der Waals surface area contributed by atoms with Gasteiger partial charge in [0.25, 0.3) is 0 Å². The van der Waals surface area contributed by atoms with Gasteiger partial charge in [-0.1, -0.05) is 19.9 Å². The van der Waals surface area contributed by atoms with Gasteiger partial charge in [0.05, 0.1) is 0 Å². The molecule has 0 amide bonds. The molecule has 0 N–H and O–H groups in total. The molecule has 3 nitrogen and oxygen atoms in total. The quantitative estimate of drug-likeness (QED) is 0.621. The predicted molar refractivity (Wildman–Crippen MR) is 68.1 cm³/mol. The third-order valence-electron chi connectivity index (χ3n) is 3.63. The van der Waals surface area contributed by atoms with Crippen LogP contribution in [0.2, 0.25) is 0 Å². The van der Waals surface area contributed by atoms with Crippen LogP contribution in [-0.2, 0) is 22.0 Å². The molecule has 20 heavy (non-hydrogen) atoms. The van der Waals surface area contributed by atoms with Crippen molar-refractivity contribution in [1.29, 1.82) is 0 Å². The maximum Gasteiger partial charge on any atom is 0.534 e. The van der Waals surface area contributed by atoms with E-state index in [-0.39, 0.29) is 11.2 Å². The van der Waals surface area contributed by atoms with Crippen LogP contribution in [0, 0.1) is 6.92 Å². The molecule has 1 aliphatic carbocycles. The Morgan fingerprint density at radius 3 is 2.40 bits per heavy atom. The largest absolute Gasteiger partial charge is 0.534 e. The van der Waals surface area contributed by atoms with Gasteiger partial charge in [0, 0.05) is 0 Å². The third kappa shape index (κ3) is 2.51. The highest BCUT2D eigenvalue weighted by atomic mass is 32.2. The van der Waals surface area contributed by atoms with Crippen molar-refractivity contribution in [2.24, 2.45) is 0 Å². The highest BCUT2D eigenvalue weighted by molar-refractivity contribution is 7.88. The Balaban J connectivity index is 2.43.